The Balaban J connectivity index is 2.67. The zero-order valence-electron chi connectivity index (χ0n) is 8.72. The van der Waals surface area contributed by atoms with Gasteiger partial charge in [-0.15, -0.1) is 0 Å². The summed E-state index contributed by atoms with van der Waals surface area (Å²) in [7, 11) is 0. The van der Waals surface area contributed by atoms with Gasteiger partial charge in [0.15, 0.2) is 0 Å². The maximum absolute atomic E-state index is 13.0. The molecule has 0 saturated heterocycles. The highest BCUT2D eigenvalue weighted by Crippen LogP contribution is 2.26. The van der Waals surface area contributed by atoms with Crippen LogP contribution in [0.3, 0.4) is 0 Å². The molecule has 4 nitrogen and oxygen atoms in total. The maximum atomic E-state index is 13.0. The van der Waals surface area contributed by atoms with Crippen LogP contribution in [-0.4, -0.2) is 19.1 Å². The Labute approximate surface area is 97.5 Å². The Morgan fingerprint density at radius 2 is 2.31 bits per heavy atom. The van der Waals surface area contributed by atoms with Gasteiger partial charge in [-0.3, -0.25) is 4.79 Å². The van der Waals surface area contributed by atoms with Crippen molar-refractivity contribution in [2.45, 2.75) is 6.92 Å². The molecule has 0 amide bonds. The molecule has 0 heterocycles. The third kappa shape index (κ3) is 3.27. The first kappa shape index (κ1) is 12.6. The molecule has 0 spiro atoms. The predicted molar refractivity (Wildman–Crippen MR) is 60.9 cm³/mol. The average molecular weight is 247 g/mol. The second kappa shape index (κ2) is 5.55. The van der Waals surface area contributed by atoms with Crippen LogP contribution in [0, 0.1) is 5.82 Å². The van der Waals surface area contributed by atoms with Crippen LogP contribution in [0.4, 0.5) is 15.8 Å². The first-order chi connectivity index (χ1) is 7.54. The zero-order valence-corrected chi connectivity index (χ0v) is 9.47. The van der Waals surface area contributed by atoms with Gasteiger partial charge in [-0.25, -0.2) is 4.39 Å². The summed E-state index contributed by atoms with van der Waals surface area (Å²) in [4.78, 5) is 11.0. The van der Waals surface area contributed by atoms with E-state index in [1.54, 1.807) is 6.92 Å². The van der Waals surface area contributed by atoms with Gasteiger partial charge in [0.05, 0.1) is 23.0 Å². The third-order valence-electron chi connectivity index (χ3n) is 1.81. The first-order valence-electron chi connectivity index (χ1n) is 4.68. The molecular formula is C10H12ClFN2O2. The molecule has 6 heteroatoms. The van der Waals surface area contributed by atoms with Crippen molar-refractivity contribution in [3.63, 3.8) is 0 Å². The van der Waals surface area contributed by atoms with Gasteiger partial charge in [-0.2, -0.15) is 0 Å². The highest BCUT2D eigenvalue weighted by Gasteiger charge is 2.08. The Bertz CT molecular complexity index is 399. The van der Waals surface area contributed by atoms with Crippen LogP contribution < -0.4 is 11.1 Å². The lowest BCUT2D eigenvalue weighted by Gasteiger charge is -2.09. The summed E-state index contributed by atoms with van der Waals surface area (Å²) in [6, 6.07) is 2.42. The van der Waals surface area contributed by atoms with E-state index >= 15 is 0 Å². The van der Waals surface area contributed by atoms with Gasteiger partial charge < -0.3 is 15.8 Å². The van der Waals surface area contributed by atoms with E-state index in [9.17, 15) is 9.18 Å². The molecule has 0 aliphatic heterocycles. The number of nitrogens with one attached hydrogen (secondary N) is 1. The lowest BCUT2D eigenvalue weighted by Crippen LogP contribution is -2.17. The number of rotatable bonds is 4. The van der Waals surface area contributed by atoms with E-state index < -0.39 is 11.8 Å². The van der Waals surface area contributed by atoms with Crippen molar-refractivity contribution < 1.29 is 13.9 Å². The lowest BCUT2D eigenvalue weighted by atomic mass is 10.2. The van der Waals surface area contributed by atoms with Crippen LogP contribution in [0.25, 0.3) is 0 Å². The highest BCUT2D eigenvalue weighted by atomic mass is 35.5. The minimum Gasteiger partial charge on any atom is -0.465 e. The summed E-state index contributed by atoms with van der Waals surface area (Å²) < 4.78 is 17.7. The van der Waals surface area contributed by atoms with E-state index in [0.717, 1.165) is 6.07 Å². The Morgan fingerprint density at radius 3 is 2.94 bits per heavy atom. The van der Waals surface area contributed by atoms with Crippen molar-refractivity contribution >= 4 is 28.9 Å². The second-order valence-corrected chi connectivity index (χ2v) is 3.42. The summed E-state index contributed by atoms with van der Waals surface area (Å²) in [5.41, 5.74) is 5.73. The molecule has 16 heavy (non-hydrogen) atoms. The summed E-state index contributed by atoms with van der Waals surface area (Å²) >= 11 is 5.75. The molecule has 1 aromatic carbocycles. The van der Waals surface area contributed by atoms with Crippen molar-refractivity contribution in [1.29, 1.82) is 0 Å². The first-order valence-corrected chi connectivity index (χ1v) is 5.06. The predicted octanol–water partition coefficient (Wildman–Crippen LogP) is 2.04. The Hall–Kier alpha value is -1.49. The molecule has 88 valence electrons. The molecule has 3 N–H and O–H groups in total. The van der Waals surface area contributed by atoms with E-state index in [1.807, 2.05) is 0 Å². The number of hydrogen-bond acceptors (Lipinski definition) is 4. The van der Waals surface area contributed by atoms with E-state index in [4.69, 9.17) is 22.1 Å². The standard InChI is InChI=1S/C10H12ClFN2O2/c1-2-16-10(15)5-14-9-4-8(13)7(12)3-6(9)11/h3-4,14H,2,5,13H2,1H3. The fourth-order valence-corrected chi connectivity index (χ4v) is 1.30. The van der Waals surface area contributed by atoms with Gasteiger partial charge in [-0.1, -0.05) is 11.6 Å². The van der Waals surface area contributed by atoms with Crippen LogP contribution in [0.2, 0.25) is 5.02 Å². The summed E-state index contributed by atoms with van der Waals surface area (Å²) in [6.07, 6.45) is 0. The number of nitrogen functional groups attached to an aromatic ring is 1. The molecule has 0 aliphatic rings. The summed E-state index contributed by atoms with van der Waals surface area (Å²) in [6.45, 7) is 1.97. The number of benzene rings is 1. The van der Waals surface area contributed by atoms with Crippen LogP contribution in [0.1, 0.15) is 6.92 Å². The molecule has 1 rings (SSSR count). The topological polar surface area (TPSA) is 64.3 Å². The van der Waals surface area contributed by atoms with Crippen molar-refractivity contribution in [2.75, 3.05) is 24.2 Å². The second-order valence-electron chi connectivity index (χ2n) is 3.01. The van der Waals surface area contributed by atoms with E-state index in [1.165, 1.54) is 6.07 Å². The Morgan fingerprint density at radius 1 is 1.62 bits per heavy atom. The quantitative estimate of drug-likeness (QED) is 0.630. The molecule has 0 aliphatic carbocycles. The summed E-state index contributed by atoms with van der Waals surface area (Å²) in [5, 5.41) is 2.88. The molecule has 0 atom stereocenters. The zero-order chi connectivity index (χ0) is 12.1. The Kier molecular flexibility index (Phi) is 4.37. The van der Waals surface area contributed by atoms with Gasteiger partial charge >= 0.3 is 5.97 Å². The van der Waals surface area contributed by atoms with E-state index in [-0.39, 0.29) is 17.3 Å². The fraction of sp³-hybridized carbons (Fsp3) is 0.300. The lowest BCUT2D eigenvalue weighted by molar-refractivity contribution is -0.140. The van der Waals surface area contributed by atoms with Gasteiger partial charge in [0, 0.05) is 0 Å². The third-order valence-corrected chi connectivity index (χ3v) is 2.13. The normalized spacial score (nSPS) is 9.94. The monoisotopic (exact) mass is 246 g/mol. The van der Waals surface area contributed by atoms with Crippen molar-refractivity contribution in [3.8, 4) is 0 Å². The van der Waals surface area contributed by atoms with E-state index in [2.05, 4.69) is 5.32 Å². The number of carbonyl (C=O) groups excluding carboxylic acids is 1. The van der Waals surface area contributed by atoms with Gasteiger partial charge in [0.1, 0.15) is 12.4 Å². The largest absolute Gasteiger partial charge is 0.465 e. The molecule has 0 aromatic heterocycles. The van der Waals surface area contributed by atoms with Gasteiger partial charge in [0.2, 0.25) is 0 Å². The molecule has 0 unspecified atom stereocenters. The number of halogens is 2. The number of anilines is 2. The van der Waals surface area contributed by atoms with Gasteiger partial charge in [-0.05, 0) is 19.1 Å². The molecule has 0 bridgehead atoms. The van der Waals surface area contributed by atoms with Crippen LogP contribution in [0.15, 0.2) is 12.1 Å². The molecular weight excluding hydrogens is 235 g/mol. The van der Waals surface area contributed by atoms with Crippen LogP contribution >= 0.6 is 11.6 Å². The maximum Gasteiger partial charge on any atom is 0.325 e. The minimum atomic E-state index is -0.591. The molecule has 0 fully saturated rings. The number of ether oxygens (including phenoxy) is 1. The molecule has 0 radical (unpaired) electrons. The van der Waals surface area contributed by atoms with Crippen LogP contribution in [0.5, 0.6) is 0 Å². The minimum absolute atomic E-state index is 0.0317. The molecule has 0 saturated carbocycles. The number of carbonyl (C=O) groups is 1. The molecule has 1 aromatic rings. The van der Waals surface area contributed by atoms with Gasteiger partial charge in [0.25, 0.3) is 0 Å². The average Bonchev–Trinajstić information content (AvgIpc) is 2.22. The number of hydrogen-bond donors (Lipinski definition) is 2. The van der Waals surface area contributed by atoms with Crippen molar-refractivity contribution in [2.24, 2.45) is 0 Å². The fourth-order valence-electron chi connectivity index (χ4n) is 1.08. The highest BCUT2D eigenvalue weighted by molar-refractivity contribution is 6.33. The number of esters is 1. The SMILES string of the molecule is CCOC(=O)CNc1cc(N)c(F)cc1Cl. The number of nitrogens with two attached hydrogens (primary N) is 1. The van der Waals surface area contributed by atoms with E-state index in [0.29, 0.717) is 12.3 Å². The van der Waals surface area contributed by atoms with Crippen LogP contribution in [-0.2, 0) is 9.53 Å². The van der Waals surface area contributed by atoms with Crippen molar-refractivity contribution in [1.82, 2.24) is 0 Å². The summed E-state index contributed by atoms with van der Waals surface area (Å²) in [5.74, 6) is -1.01. The van der Waals surface area contributed by atoms with Crippen molar-refractivity contribution in [3.05, 3.63) is 23.0 Å². The smallest absolute Gasteiger partial charge is 0.325 e.